The van der Waals surface area contributed by atoms with Gasteiger partial charge >= 0.3 is 5.97 Å². The Labute approximate surface area is 113 Å². The number of anilines is 1. The minimum absolute atomic E-state index is 0.142. The Kier molecular flexibility index (Phi) is 3.98. The lowest BCUT2D eigenvalue weighted by atomic mass is 10.2. The molecule has 1 unspecified atom stereocenters. The van der Waals surface area contributed by atoms with Crippen molar-refractivity contribution in [1.82, 2.24) is 4.37 Å². The van der Waals surface area contributed by atoms with Crippen LogP contribution in [0.2, 0.25) is 0 Å². The lowest BCUT2D eigenvalue weighted by molar-refractivity contribution is 0.0697. The van der Waals surface area contributed by atoms with Crippen LogP contribution >= 0.6 is 22.9 Å². The number of carbonyl (C=O) groups is 1. The van der Waals surface area contributed by atoms with E-state index in [2.05, 4.69) is 22.7 Å². The third kappa shape index (κ3) is 2.54. The molecule has 0 saturated carbocycles. The molecule has 0 aromatic carbocycles. The molecule has 96 valence electrons. The van der Waals surface area contributed by atoms with Crippen molar-refractivity contribution in [2.75, 3.05) is 5.32 Å². The Bertz CT molecular complexity index is 534. The van der Waals surface area contributed by atoms with Crippen molar-refractivity contribution in [2.24, 2.45) is 0 Å². The van der Waals surface area contributed by atoms with Gasteiger partial charge in [-0.25, -0.2) is 4.79 Å². The van der Waals surface area contributed by atoms with E-state index >= 15 is 0 Å². The minimum atomic E-state index is -0.926. The molecule has 0 aliphatic carbocycles. The first-order chi connectivity index (χ1) is 8.63. The molecule has 2 rings (SSSR count). The Morgan fingerprint density at radius 1 is 1.61 bits per heavy atom. The Morgan fingerprint density at radius 3 is 2.94 bits per heavy atom. The first-order valence-corrected chi connectivity index (χ1v) is 7.28. The van der Waals surface area contributed by atoms with Crippen molar-refractivity contribution in [3.63, 3.8) is 0 Å². The second-order valence-corrected chi connectivity index (χ2v) is 5.65. The fraction of sp³-hybridized carbons (Fsp3) is 0.333. The highest BCUT2D eigenvalue weighted by Crippen LogP contribution is 2.31. The van der Waals surface area contributed by atoms with Crippen LogP contribution in [0.25, 0.3) is 0 Å². The summed E-state index contributed by atoms with van der Waals surface area (Å²) in [5.74, 6) is -0.926. The van der Waals surface area contributed by atoms with E-state index < -0.39 is 5.97 Å². The van der Waals surface area contributed by atoms with Gasteiger partial charge in [0.1, 0.15) is 10.6 Å². The number of nitrogens with zero attached hydrogens (tertiary/aromatic N) is 1. The lowest BCUT2D eigenvalue weighted by Gasteiger charge is -2.15. The van der Waals surface area contributed by atoms with Crippen LogP contribution in [-0.4, -0.2) is 15.4 Å². The van der Waals surface area contributed by atoms with Crippen molar-refractivity contribution < 1.29 is 9.90 Å². The zero-order valence-electron chi connectivity index (χ0n) is 10.1. The van der Waals surface area contributed by atoms with Crippen molar-refractivity contribution >= 4 is 33.8 Å². The van der Waals surface area contributed by atoms with Crippen LogP contribution < -0.4 is 5.32 Å². The van der Waals surface area contributed by atoms with Crippen molar-refractivity contribution in [3.05, 3.63) is 33.6 Å². The van der Waals surface area contributed by atoms with Gasteiger partial charge in [-0.3, -0.25) is 0 Å². The summed E-state index contributed by atoms with van der Waals surface area (Å²) < 4.78 is 4.11. The number of hydrogen-bond donors (Lipinski definition) is 2. The number of carboxylic acids is 1. The highest BCUT2D eigenvalue weighted by atomic mass is 32.1. The lowest BCUT2D eigenvalue weighted by Crippen LogP contribution is -2.10. The smallest absolute Gasteiger partial charge is 0.340 e. The van der Waals surface area contributed by atoms with Crippen LogP contribution in [0.1, 0.15) is 40.3 Å². The van der Waals surface area contributed by atoms with Gasteiger partial charge in [-0.15, -0.1) is 11.3 Å². The molecular formula is C12H14N2O2S2. The zero-order chi connectivity index (χ0) is 13.1. The van der Waals surface area contributed by atoms with Gasteiger partial charge in [0.15, 0.2) is 0 Å². The van der Waals surface area contributed by atoms with E-state index in [4.69, 9.17) is 0 Å². The third-order valence-corrected chi connectivity index (χ3v) is 4.53. The zero-order valence-corrected chi connectivity index (χ0v) is 11.8. The molecule has 2 heterocycles. The summed E-state index contributed by atoms with van der Waals surface area (Å²) in [5, 5.41) is 15.1. The minimum Gasteiger partial charge on any atom is -0.478 e. The predicted octanol–water partition coefficient (Wildman–Crippen LogP) is 3.77. The third-order valence-electron chi connectivity index (χ3n) is 2.68. The maximum Gasteiger partial charge on any atom is 0.340 e. The molecule has 4 nitrogen and oxygen atoms in total. The highest BCUT2D eigenvalue weighted by Gasteiger charge is 2.20. The summed E-state index contributed by atoms with van der Waals surface area (Å²) in [4.78, 5) is 12.4. The summed E-state index contributed by atoms with van der Waals surface area (Å²) in [6.45, 7) is 3.79. The van der Waals surface area contributed by atoms with E-state index in [1.807, 2.05) is 11.4 Å². The monoisotopic (exact) mass is 282 g/mol. The maximum atomic E-state index is 11.2. The van der Waals surface area contributed by atoms with Crippen LogP contribution in [0.15, 0.2) is 17.5 Å². The molecule has 1 atom stereocenters. The summed E-state index contributed by atoms with van der Waals surface area (Å²) >= 11 is 2.88. The molecule has 0 aliphatic heterocycles. The predicted molar refractivity (Wildman–Crippen MR) is 74.8 cm³/mol. The molecule has 0 amide bonds. The molecule has 0 radical (unpaired) electrons. The molecule has 2 N–H and O–H groups in total. The quantitative estimate of drug-likeness (QED) is 0.876. The molecule has 6 heteroatoms. The van der Waals surface area contributed by atoms with Crippen molar-refractivity contribution in [1.29, 1.82) is 0 Å². The number of hydrogen-bond acceptors (Lipinski definition) is 5. The van der Waals surface area contributed by atoms with E-state index in [0.29, 0.717) is 10.7 Å². The topological polar surface area (TPSA) is 62.2 Å². The van der Waals surface area contributed by atoms with E-state index in [1.54, 1.807) is 18.3 Å². The molecule has 0 fully saturated rings. The Balaban J connectivity index is 2.25. The molecule has 0 spiro atoms. The average Bonchev–Trinajstić information content (AvgIpc) is 2.95. The SMILES string of the molecule is CCC(Nc1snc(C)c1C(=O)O)c1cccs1. The van der Waals surface area contributed by atoms with Gasteiger partial charge in [-0.05, 0) is 36.3 Å². The molecule has 2 aromatic heterocycles. The summed E-state index contributed by atoms with van der Waals surface area (Å²) in [6.07, 6.45) is 0.899. The van der Waals surface area contributed by atoms with E-state index in [9.17, 15) is 9.90 Å². The van der Waals surface area contributed by atoms with Crippen LogP contribution in [0.5, 0.6) is 0 Å². The molecule has 2 aromatic rings. The van der Waals surface area contributed by atoms with Gasteiger partial charge in [-0.1, -0.05) is 13.0 Å². The molecule has 18 heavy (non-hydrogen) atoms. The fourth-order valence-electron chi connectivity index (χ4n) is 1.74. The number of nitrogens with one attached hydrogen (secondary N) is 1. The van der Waals surface area contributed by atoms with Crippen LogP contribution in [0.4, 0.5) is 5.00 Å². The summed E-state index contributed by atoms with van der Waals surface area (Å²) in [5.41, 5.74) is 0.853. The Morgan fingerprint density at radius 2 is 2.39 bits per heavy atom. The van der Waals surface area contributed by atoms with Gasteiger partial charge < -0.3 is 10.4 Å². The number of thiophene rings is 1. The van der Waals surface area contributed by atoms with E-state index in [1.165, 1.54) is 16.4 Å². The van der Waals surface area contributed by atoms with Gasteiger partial charge in [0.25, 0.3) is 0 Å². The summed E-state index contributed by atoms with van der Waals surface area (Å²) in [6, 6.07) is 4.20. The van der Waals surface area contributed by atoms with Crippen LogP contribution in [0.3, 0.4) is 0 Å². The largest absolute Gasteiger partial charge is 0.478 e. The number of rotatable bonds is 5. The second-order valence-electron chi connectivity index (χ2n) is 3.90. The molecule has 0 aliphatic rings. The van der Waals surface area contributed by atoms with Crippen molar-refractivity contribution in [3.8, 4) is 0 Å². The molecular weight excluding hydrogens is 268 g/mol. The number of aromatic nitrogens is 1. The first-order valence-electron chi connectivity index (χ1n) is 5.63. The van der Waals surface area contributed by atoms with Crippen LogP contribution in [-0.2, 0) is 0 Å². The van der Waals surface area contributed by atoms with Gasteiger partial charge in [0.05, 0.1) is 11.7 Å². The van der Waals surface area contributed by atoms with Gasteiger partial charge in [0.2, 0.25) is 0 Å². The van der Waals surface area contributed by atoms with E-state index in [-0.39, 0.29) is 11.6 Å². The highest BCUT2D eigenvalue weighted by molar-refractivity contribution is 7.11. The number of aryl methyl sites for hydroxylation is 1. The number of aromatic carboxylic acids is 1. The number of carboxylic acid groups (broad SMARTS) is 1. The molecule has 0 bridgehead atoms. The van der Waals surface area contributed by atoms with Gasteiger partial charge in [0, 0.05) is 4.88 Å². The van der Waals surface area contributed by atoms with Crippen LogP contribution in [0, 0.1) is 6.92 Å². The standard InChI is InChI=1S/C12H14N2O2S2/c1-3-8(9-5-4-6-17-9)13-11-10(12(15)16)7(2)14-18-11/h4-6,8,13H,3H2,1-2H3,(H,15,16). The van der Waals surface area contributed by atoms with Crippen molar-refractivity contribution in [2.45, 2.75) is 26.3 Å². The maximum absolute atomic E-state index is 11.2. The molecule has 0 saturated heterocycles. The van der Waals surface area contributed by atoms with E-state index in [0.717, 1.165) is 6.42 Å². The Hall–Kier alpha value is -1.40. The normalized spacial score (nSPS) is 12.3. The second kappa shape index (κ2) is 5.49. The first kappa shape index (κ1) is 13.0. The van der Waals surface area contributed by atoms with Gasteiger partial charge in [-0.2, -0.15) is 4.37 Å². The summed E-state index contributed by atoms with van der Waals surface area (Å²) in [7, 11) is 0. The average molecular weight is 282 g/mol. The fourth-order valence-corrected chi connectivity index (χ4v) is 3.44.